The Balaban J connectivity index is 2.04. The van der Waals surface area contributed by atoms with Gasteiger partial charge in [0.1, 0.15) is 5.82 Å². The zero-order valence-corrected chi connectivity index (χ0v) is 8.60. The maximum atomic E-state index is 11.0. The van der Waals surface area contributed by atoms with Gasteiger partial charge in [0, 0.05) is 23.6 Å². The maximum absolute atomic E-state index is 11.0. The number of nitrogens with two attached hydrogens (primary N) is 1. The van der Waals surface area contributed by atoms with E-state index in [1.165, 1.54) is 0 Å². The van der Waals surface area contributed by atoms with E-state index in [0.717, 1.165) is 11.5 Å². The molecule has 0 aliphatic heterocycles. The Morgan fingerprint density at radius 1 is 1.50 bits per heavy atom. The molecule has 0 saturated carbocycles. The second-order valence-electron chi connectivity index (χ2n) is 3.33. The summed E-state index contributed by atoms with van der Waals surface area (Å²) >= 11 is 0. The van der Waals surface area contributed by atoms with Crippen LogP contribution in [-0.4, -0.2) is 15.9 Å². The number of H-pyrrole nitrogens is 1. The molecule has 1 aromatic carbocycles. The van der Waals surface area contributed by atoms with E-state index >= 15 is 0 Å². The van der Waals surface area contributed by atoms with Gasteiger partial charge >= 0.3 is 0 Å². The summed E-state index contributed by atoms with van der Waals surface area (Å²) < 4.78 is 0. The van der Waals surface area contributed by atoms with Crippen LogP contribution < -0.4 is 11.1 Å². The number of anilines is 1. The van der Waals surface area contributed by atoms with Crippen molar-refractivity contribution in [2.24, 2.45) is 5.73 Å². The lowest BCUT2D eigenvalue weighted by molar-refractivity contribution is 0.100. The van der Waals surface area contributed by atoms with Crippen molar-refractivity contribution in [2.75, 3.05) is 5.32 Å². The number of primary amides is 1. The Morgan fingerprint density at radius 2 is 2.38 bits per heavy atom. The Hall–Kier alpha value is -2.30. The fourth-order valence-electron chi connectivity index (χ4n) is 1.36. The maximum Gasteiger partial charge on any atom is 0.248 e. The monoisotopic (exact) mass is 216 g/mol. The molecule has 0 unspecified atom stereocenters. The van der Waals surface area contributed by atoms with Gasteiger partial charge in [0.05, 0.1) is 6.54 Å². The molecule has 1 heterocycles. The average Bonchev–Trinajstić information content (AvgIpc) is 2.79. The minimum absolute atomic E-state index is 0.429. The lowest BCUT2D eigenvalue weighted by Gasteiger charge is -2.05. The van der Waals surface area contributed by atoms with Crippen molar-refractivity contribution < 1.29 is 4.79 Å². The van der Waals surface area contributed by atoms with Gasteiger partial charge in [-0.2, -0.15) is 0 Å². The van der Waals surface area contributed by atoms with Crippen molar-refractivity contribution in [1.29, 1.82) is 0 Å². The molecule has 2 rings (SSSR count). The number of aromatic nitrogens is 2. The van der Waals surface area contributed by atoms with Crippen LogP contribution in [0.25, 0.3) is 0 Å². The fourth-order valence-corrected chi connectivity index (χ4v) is 1.36. The molecule has 0 spiro atoms. The van der Waals surface area contributed by atoms with Crippen LogP contribution in [0.4, 0.5) is 5.69 Å². The van der Waals surface area contributed by atoms with Crippen molar-refractivity contribution in [2.45, 2.75) is 6.54 Å². The molecule has 0 bridgehead atoms. The first-order chi connectivity index (χ1) is 7.75. The van der Waals surface area contributed by atoms with E-state index in [2.05, 4.69) is 15.3 Å². The Labute approximate surface area is 92.7 Å². The molecule has 0 radical (unpaired) electrons. The molecule has 5 nitrogen and oxygen atoms in total. The lowest BCUT2D eigenvalue weighted by Crippen LogP contribution is -2.11. The van der Waals surface area contributed by atoms with Crippen molar-refractivity contribution in [1.82, 2.24) is 9.97 Å². The largest absolute Gasteiger partial charge is 0.378 e. The fraction of sp³-hybridized carbons (Fsp3) is 0.0909. The molecule has 2 aromatic rings. The van der Waals surface area contributed by atoms with E-state index in [-0.39, 0.29) is 0 Å². The zero-order chi connectivity index (χ0) is 11.4. The summed E-state index contributed by atoms with van der Waals surface area (Å²) in [6.45, 7) is 0.579. The summed E-state index contributed by atoms with van der Waals surface area (Å²) in [6.07, 6.45) is 3.45. The van der Waals surface area contributed by atoms with Crippen molar-refractivity contribution in [3.63, 3.8) is 0 Å². The summed E-state index contributed by atoms with van der Waals surface area (Å²) in [5.41, 5.74) is 6.52. The van der Waals surface area contributed by atoms with Gasteiger partial charge in [0.25, 0.3) is 0 Å². The standard InChI is InChI=1S/C11H12N4O/c12-11(16)8-2-1-3-9(6-8)15-7-10-13-4-5-14-10/h1-6,15H,7H2,(H2,12,16)(H,13,14). The third kappa shape index (κ3) is 2.38. The van der Waals surface area contributed by atoms with Crippen molar-refractivity contribution in [3.05, 3.63) is 48.0 Å². The molecule has 82 valence electrons. The molecule has 4 N–H and O–H groups in total. The number of nitrogens with one attached hydrogen (secondary N) is 2. The highest BCUT2D eigenvalue weighted by Gasteiger charge is 2.01. The topological polar surface area (TPSA) is 83.8 Å². The van der Waals surface area contributed by atoms with Gasteiger partial charge in [-0.25, -0.2) is 4.98 Å². The first-order valence-electron chi connectivity index (χ1n) is 4.88. The van der Waals surface area contributed by atoms with E-state index in [1.54, 1.807) is 30.6 Å². The Morgan fingerprint density at radius 3 is 3.06 bits per heavy atom. The molecule has 0 aliphatic carbocycles. The highest BCUT2D eigenvalue weighted by atomic mass is 16.1. The van der Waals surface area contributed by atoms with Crippen LogP contribution in [0.15, 0.2) is 36.7 Å². The number of rotatable bonds is 4. The van der Waals surface area contributed by atoms with Crippen LogP contribution in [-0.2, 0) is 6.54 Å². The van der Waals surface area contributed by atoms with Crippen LogP contribution in [0.2, 0.25) is 0 Å². The molecule has 5 heteroatoms. The minimum Gasteiger partial charge on any atom is -0.378 e. The van der Waals surface area contributed by atoms with Crippen molar-refractivity contribution >= 4 is 11.6 Å². The molecule has 0 atom stereocenters. The van der Waals surface area contributed by atoms with E-state index in [1.807, 2.05) is 6.07 Å². The van der Waals surface area contributed by atoms with Crippen LogP contribution in [0.1, 0.15) is 16.2 Å². The van der Waals surface area contributed by atoms with Crippen molar-refractivity contribution in [3.8, 4) is 0 Å². The number of amides is 1. The normalized spacial score (nSPS) is 10.0. The molecular formula is C11H12N4O. The second kappa shape index (κ2) is 4.48. The zero-order valence-electron chi connectivity index (χ0n) is 8.60. The first-order valence-corrected chi connectivity index (χ1v) is 4.88. The number of carbonyl (C=O) groups excluding carboxylic acids is 1. The number of hydrogen-bond acceptors (Lipinski definition) is 3. The van der Waals surface area contributed by atoms with Gasteiger partial charge in [0.15, 0.2) is 0 Å². The van der Waals surface area contributed by atoms with Gasteiger partial charge < -0.3 is 16.0 Å². The minimum atomic E-state index is -0.429. The van der Waals surface area contributed by atoms with Gasteiger partial charge in [-0.05, 0) is 18.2 Å². The number of benzene rings is 1. The summed E-state index contributed by atoms with van der Waals surface area (Å²) in [4.78, 5) is 18.0. The van der Waals surface area contributed by atoms with Gasteiger partial charge in [-0.15, -0.1) is 0 Å². The average molecular weight is 216 g/mol. The van der Waals surface area contributed by atoms with Gasteiger partial charge in [0.2, 0.25) is 5.91 Å². The quantitative estimate of drug-likeness (QED) is 0.716. The molecular weight excluding hydrogens is 204 g/mol. The van der Waals surface area contributed by atoms with Crippen LogP contribution in [0.5, 0.6) is 0 Å². The second-order valence-corrected chi connectivity index (χ2v) is 3.33. The molecule has 16 heavy (non-hydrogen) atoms. The summed E-state index contributed by atoms with van der Waals surface area (Å²) in [5.74, 6) is 0.408. The van der Waals surface area contributed by atoms with E-state index in [4.69, 9.17) is 5.73 Å². The molecule has 1 aromatic heterocycles. The van der Waals surface area contributed by atoms with Crippen LogP contribution in [0.3, 0.4) is 0 Å². The summed E-state index contributed by atoms with van der Waals surface area (Å²) in [6, 6.07) is 7.05. The number of nitrogens with zero attached hydrogens (tertiary/aromatic N) is 1. The number of carbonyl (C=O) groups is 1. The van der Waals surface area contributed by atoms with Crippen LogP contribution in [0, 0.1) is 0 Å². The number of imidazole rings is 1. The van der Waals surface area contributed by atoms with Crippen LogP contribution >= 0.6 is 0 Å². The van der Waals surface area contributed by atoms with E-state index in [9.17, 15) is 4.79 Å². The highest BCUT2D eigenvalue weighted by molar-refractivity contribution is 5.93. The third-order valence-electron chi connectivity index (χ3n) is 2.16. The smallest absolute Gasteiger partial charge is 0.248 e. The number of hydrogen-bond donors (Lipinski definition) is 3. The highest BCUT2D eigenvalue weighted by Crippen LogP contribution is 2.10. The molecule has 0 aliphatic rings. The van der Waals surface area contributed by atoms with E-state index < -0.39 is 5.91 Å². The Kier molecular flexibility index (Phi) is 2.86. The lowest BCUT2D eigenvalue weighted by atomic mass is 10.2. The van der Waals surface area contributed by atoms with Gasteiger partial charge in [-0.3, -0.25) is 4.79 Å². The summed E-state index contributed by atoms with van der Waals surface area (Å²) in [7, 11) is 0. The molecule has 0 fully saturated rings. The molecule has 1 amide bonds. The first kappa shape index (κ1) is 10.2. The van der Waals surface area contributed by atoms with E-state index in [0.29, 0.717) is 12.1 Å². The molecule has 0 saturated heterocycles. The number of aromatic amines is 1. The SMILES string of the molecule is NC(=O)c1cccc(NCc2ncc[nH]2)c1. The predicted molar refractivity (Wildman–Crippen MR) is 60.9 cm³/mol. The Bertz CT molecular complexity index is 478. The third-order valence-corrected chi connectivity index (χ3v) is 2.16. The summed E-state index contributed by atoms with van der Waals surface area (Å²) in [5, 5.41) is 3.14. The predicted octanol–water partition coefficient (Wildman–Crippen LogP) is 1.12. The van der Waals surface area contributed by atoms with Gasteiger partial charge in [-0.1, -0.05) is 6.07 Å².